The molecule has 0 bridgehead atoms. The van der Waals surface area contributed by atoms with Gasteiger partial charge in [-0.1, -0.05) is 19.9 Å². The molecule has 0 aliphatic heterocycles. The number of fused-ring (bicyclic) bond motifs is 1. The Bertz CT molecular complexity index is 675. The maximum atomic E-state index is 4.48. The summed E-state index contributed by atoms with van der Waals surface area (Å²) >= 11 is 1.71. The van der Waals surface area contributed by atoms with Crippen LogP contribution in [0, 0.1) is 0 Å². The van der Waals surface area contributed by atoms with Crippen LogP contribution in [0.5, 0.6) is 0 Å². The van der Waals surface area contributed by atoms with Crippen LogP contribution in [0.15, 0.2) is 36.0 Å². The van der Waals surface area contributed by atoms with Gasteiger partial charge in [-0.3, -0.25) is 0 Å². The Kier molecular flexibility index (Phi) is 2.80. The third kappa shape index (κ3) is 1.99. The highest BCUT2D eigenvalue weighted by molar-refractivity contribution is 7.13. The first kappa shape index (κ1) is 11.3. The zero-order chi connectivity index (χ0) is 12.5. The fourth-order valence-electron chi connectivity index (χ4n) is 1.79. The minimum absolute atomic E-state index is 0.327. The number of hydrogen-bond acceptors (Lipinski definition) is 4. The SMILES string of the molecule is CC(C)c1ncc2cc(-c3cccs3)cnc2n1. The lowest BCUT2D eigenvalue weighted by molar-refractivity contribution is 0.780. The van der Waals surface area contributed by atoms with E-state index in [9.17, 15) is 0 Å². The van der Waals surface area contributed by atoms with Crippen molar-refractivity contribution in [3.8, 4) is 10.4 Å². The number of pyridine rings is 1. The molecular formula is C14H13N3S. The van der Waals surface area contributed by atoms with Crippen molar-refractivity contribution in [3.05, 3.63) is 41.8 Å². The Morgan fingerprint density at radius 1 is 1.17 bits per heavy atom. The Labute approximate surface area is 110 Å². The van der Waals surface area contributed by atoms with Crippen LogP contribution in [-0.2, 0) is 0 Å². The van der Waals surface area contributed by atoms with Gasteiger partial charge in [0, 0.05) is 34.1 Å². The molecule has 3 nitrogen and oxygen atoms in total. The molecule has 0 fully saturated rings. The lowest BCUT2D eigenvalue weighted by Crippen LogP contribution is -1.98. The van der Waals surface area contributed by atoms with Gasteiger partial charge in [0.1, 0.15) is 5.82 Å². The summed E-state index contributed by atoms with van der Waals surface area (Å²) in [6.45, 7) is 4.17. The molecule has 0 spiro atoms. The highest BCUT2D eigenvalue weighted by Gasteiger charge is 2.06. The lowest BCUT2D eigenvalue weighted by Gasteiger charge is -2.05. The fourth-order valence-corrected chi connectivity index (χ4v) is 2.50. The average Bonchev–Trinajstić information content (AvgIpc) is 2.91. The van der Waals surface area contributed by atoms with Crippen molar-refractivity contribution < 1.29 is 0 Å². The van der Waals surface area contributed by atoms with E-state index < -0.39 is 0 Å². The first-order valence-electron chi connectivity index (χ1n) is 5.90. The zero-order valence-corrected chi connectivity index (χ0v) is 11.1. The summed E-state index contributed by atoms with van der Waals surface area (Å²) in [5.74, 6) is 1.17. The third-order valence-electron chi connectivity index (χ3n) is 2.77. The Balaban J connectivity index is 2.11. The average molecular weight is 255 g/mol. The van der Waals surface area contributed by atoms with Crippen molar-refractivity contribution in [2.75, 3.05) is 0 Å². The van der Waals surface area contributed by atoms with E-state index in [1.54, 1.807) is 11.3 Å². The second-order valence-electron chi connectivity index (χ2n) is 4.50. The lowest BCUT2D eigenvalue weighted by atomic mass is 10.2. The largest absolute Gasteiger partial charge is 0.240 e. The standard InChI is InChI=1S/C14H13N3S/c1-9(2)13-15-8-11-6-10(7-16-14(11)17-13)12-4-3-5-18-12/h3-9H,1-2H3. The highest BCUT2D eigenvalue weighted by atomic mass is 32.1. The number of thiophene rings is 1. The smallest absolute Gasteiger partial charge is 0.162 e. The van der Waals surface area contributed by atoms with Crippen LogP contribution in [0.1, 0.15) is 25.6 Å². The quantitative estimate of drug-likeness (QED) is 0.697. The molecule has 18 heavy (non-hydrogen) atoms. The molecule has 0 saturated carbocycles. The summed E-state index contributed by atoms with van der Waals surface area (Å²) in [6, 6.07) is 6.23. The second-order valence-corrected chi connectivity index (χ2v) is 5.44. The number of aromatic nitrogens is 3. The van der Waals surface area contributed by atoms with Crippen LogP contribution in [-0.4, -0.2) is 15.0 Å². The molecular weight excluding hydrogens is 242 g/mol. The predicted molar refractivity (Wildman–Crippen MR) is 74.7 cm³/mol. The van der Waals surface area contributed by atoms with Crippen LogP contribution < -0.4 is 0 Å². The number of rotatable bonds is 2. The van der Waals surface area contributed by atoms with Crippen LogP contribution in [0.25, 0.3) is 21.5 Å². The van der Waals surface area contributed by atoms with Gasteiger partial charge in [-0.05, 0) is 17.5 Å². The molecule has 0 radical (unpaired) electrons. The maximum Gasteiger partial charge on any atom is 0.162 e. The predicted octanol–water partition coefficient (Wildman–Crippen LogP) is 3.88. The van der Waals surface area contributed by atoms with Gasteiger partial charge in [0.05, 0.1) is 0 Å². The van der Waals surface area contributed by atoms with Crippen molar-refractivity contribution in [2.45, 2.75) is 19.8 Å². The van der Waals surface area contributed by atoms with Gasteiger partial charge in [0.25, 0.3) is 0 Å². The molecule has 0 amide bonds. The van der Waals surface area contributed by atoms with E-state index in [0.717, 1.165) is 22.4 Å². The van der Waals surface area contributed by atoms with E-state index in [0.29, 0.717) is 5.92 Å². The fraction of sp³-hybridized carbons (Fsp3) is 0.214. The van der Waals surface area contributed by atoms with Gasteiger partial charge in [-0.2, -0.15) is 0 Å². The molecule has 0 unspecified atom stereocenters. The third-order valence-corrected chi connectivity index (χ3v) is 3.69. The first-order valence-corrected chi connectivity index (χ1v) is 6.78. The summed E-state index contributed by atoms with van der Waals surface area (Å²) in [6.07, 6.45) is 3.74. The molecule has 0 N–H and O–H groups in total. The van der Waals surface area contributed by atoms with Gasteiger partial charge in [-0.15, -0.1) is 11.3 Å². The first-order chi connectivity index (χ1) is 8.74. The van der Waals surface area contributed by atoms with Crippen LogP contribution in [0.3, 0.4) is 0 Å². The van der Waals surface area contributed by atoms with E-state index in [1.165, 1.54) is 4.88 Å². The Morgan fingerprint density at radius 3 is 2.78 bits per heavy atom. The van der Waals surface area contributed by atoms with Crippen molar-refractivity contribution in [1.82, 2.24) is 15.0 Å². The van der Waals surface area contributed by atoms with E-state index in [2.05, 4.69) is 46.3 Å². The zero-order valence-electron chi connectivity index (χ0n) is 10.3. The Hall–Kier alpha value is -1.81. The van der Waals surface area contributed by atoms with Crippen molar-refractivity contribution in [2.24, 2.45) is 0 Å². The number of nitrogens with zero attached hydrogens (tertiary/aromatic N) is 3. The van der Waals surface area contributed by atoms with Crippen molar-refractivity contribution in [3.63, 3.8) is 0 Å². The highest BCUT2D eigenvalue weighted by Crippen LogP contribution is 2.26. The molecule has 3 aromatic heterocycles. The maximum absolute atomic E-state index is 4.48. The molecule has 0 aliphatic carbocycles. The number of hydrogen-bond donors (Lipinski definition) is 0. The molecule has 0 saturated heterocycles. The van der Waals surface area contributed by atoms with E-state index in [4.69, 9.17) is 0 Å². The molecule has 0 aromatic carbocycles. The van der Waals surface area contributed by atoms with Crippen molar-refractivity contribution in [1.29, 1.82) is 0 Å². The van der Waals surface area contributed by atoms with Gasteiger partial charge < -0.3 is 0 Å². The summed E-state index contributed by atoms with van der Waals surface area (Å²) in [7, 11) is 0. The summed E-state index contributed by atoms with van der Waals surface area (Å²) < 4.78 is 0. The van der Waals surface area contributed by atoms with E-state index in [1.807, 2.05) is 18.5 Å². The van der Waals surface area contributed by atoms with Gasteiger partial charge >= 0.3 is 0 Å². The van der Waals surface area contributed by atoms with E-state index in [-0.39, 0.29) is 0 Å². The second kappa shape index (κ2) is 4.46. The van der Waals surface area contributed by atoms with Gasteiger partial charge in [-0.25, -0.2) is 15.0 Å². The molecule has 0 atom stereocenters. The molecule has 4 heteroatoms. The minimum atomic E-state index is 0.327. The summed E-state index contributed by atoms with van der Waals surface area (Å²) in [4.78, 5) is 14.5. The van der Waals surface area contributed by atoms with Gasteiger partial charge in [0.15, 0.2) is 5.65 Å². The molecule has 90 valence electrons. The topological polar surface area (TPSA) is 38.7 Å². The van der Waals surface area contributed by atoms with Crippen LogP contribution >= 0.6 is 11.3 Å². The van der Waals surface area contributed by atoms with Crippen LogP contribution in [0.4, 0.5) is 0 Å². The molecule has 0 aliphatic rings. The summed E-state index contributed by atoms with van der Waals surface area (Å²) in [5.41, 5.74) is 1.90. The molecule has 3 aromatic rings. The van der Waals surface area contributed by atoms with Crippen LogP contribution in [0.2, 0.25) is 0 Å². The molecule has 3 rings (SSSR count). The Morgan fingerprint density at radius 2 is 2.06 bits per heavy atom. The summed E-state index contributed by atoms with van der Waals surface area (Å²) in [5, 5.41) is 3.06. The monoisotopic (exact) mass is 255 g/mol. The molecule has 3 heterocycles. The minimum Gasteiger partial charge on any atom is -0.240 e. The normalized spacial score (nSPS) is 11.3. The van der Waals surface area contributed by atoms with Crippen molar-refractivity contribution >= 4 is 22.4 Å². The van der Waals surface area contributed by atoms with Gasteiger partial charge in [0.2, 0.25) is 0 Å². The van der Waals surface area contributed by atoms with E-state index >= 15 is 0 Å².